The fraction of sp³-hybridized carbons (Fsp3) is 0.176. The minimum atomic E-state index is -0.0186. The molecule has 2 heterocycles. The van der Waals surface area contributed by atoms with E-state index in [1.807, 2.05) is 50.2 Å². The number of hydrogen-bond acceptors (Lipinski definition) is 2. The lowest BCUT2D eigenvalue weighted by Crippen LogP contribution is -2.00. The van der Waals surface area contributed by atoms with E-state index >= 15 is 0 Å². The second kappa shape index (κ2) is 5.33. The van der Waals surface area contributed by atoms with Gasteiger partial charge in [0.05, 0.1) is 0 Å². The predicted octanol–water partition coefficient (Wildman–Crippen LogP) is 5.43. The fourth-order valence-corrected chi connectivity index (χ4v) is 2.79. The Morgan fingerprint density at radius 2 is 1.45 bits per heavy atom. The van der Waals surface area contributed by atoms with Gasteiger partial charge >= 0.3 is 0 Å². The van der Waals surface area contributed by atoms with Gasteiger partial charge in [-0.15, -0.1) is 0 Å². The first kappa shape index (κ1) is 13.3. The van der Waals surface area contributed by atoms with Crippen molar-refractivity contribution in [1.82, 2.24) is 0 Å². The summed E-state index contributed by atoms with van der Waals surface area (Å²) in [5.41, 5.74) is 1.14. The van der Waals surface area contributed by atoms with Crippen molar-refractivity contribution >= 4 is 15.9 Å². The molecule has 0 amide bonds. The van der Waals surface area contributed by atoms with Crippen LogP contribution >= 0.6 is 15.9 Å². The highest BCUT2D eigenvalue weighted by molar-refractivity contribution is 9.10. The zero-order valence-electron chi connectivity index (χ0n) is 11.4. The number of rotatable bonds is 3. The summed E-state index contributed by atoms with van der Waals surface area (Å²) in [6, 6.07) is 16.2. The van der Waals surface area contributed by atoms with Gasteiger partial charge in [-0.3, -0.25) is 0 Å². The van der Waals surface area contributed by atoms with E-state index < -0.39 is 0 Å². The third kappa shape index (κ3) is 2.59. The molecule has 0 aliphatic rings. The molecule has 2 aromatic heterocycles. The van der Waals surface area contributed by atoms with Crippen LogP contribution in [0.2, 0.25) is 0 Å². The standard InChI is InChI=1S/C17H15BrO2/c1-11-6-8-15(19-11)17(16-9-7-12(2)20-16)13-4-3-5-14(18)10-13/h3-10,17H,1-2H3. The summed E-state index contributed by atoms with van der Waals surface area (Å²) in [5, 5.41) is 0. The summed E-state index contributed by atoms with van der Waals surface area (Å²) in [6.07, 6.45) is 0. The maximum atomic E-state index is 5.83. The average molecular weight is 331 g/mol. The first-order valence-corrected chi connectivity index (χ1v) is 7.31. The third-order valence-corrected chi connectivity index (χ3v) is 3.77. The normalized spacial score (nSPS) is 11.2. The molecule has 0 radical (unpaired) electrons. The van der Waals surface area contributed by atoms with Crippen molar-refractivity contribution < 1.29 is 8.83 Å². The van der Waals surface area contributed by atoms with Crippen LogP contribution in [0, 0.1) is 13.8 Å². The van der Waals surface area contributed by atoms with E-state index in [4.69, 9.17) is 8.83 Å². The highest BCUT2D eigenvalue weighted by atomic mass is 79.9. The van der Waals surface area contributed by atoms with Crippen molar-refractivity contribution in [3.63, 3.8) is 0 Å². The lowest BCUT2D eigenvalue weighted by Gasteiger charge is -2.13. The number of aryl methyl sites for hydroxylation is 2. The van der Waals surface area contributed by atoms with Gasteiger partial charge in [-0.1, -0.05) is 28.1 Å². The zero-order valence-corrected chi connectivity index (χ0v) is 13.0. The predicted molar refractivity (Wildman–Crippen MR) is 82.0 cm³/mol. The third-order valence-electron chi connectivity index (χ3n) is 3.27. The minimum absolute atomic E-state index is 0.0186. The van der Waals surface area contributed by atoms with Crippen molar-refractivity contribution in [2.24, 2.45) is 0 Å². The number of hydrogen-bond donors (Lipinski definition) is 0. The Balaban J connectivity index is 2.13. The molecule has 20 heavy (non-hydrogen) atoms. The monoisotopic (exact) mass is 330 g/mol. The Morgan fingerprint density at radius 3 is 1.90 bits per heavy atom. The molecule has 0 atom stereocenters. The second-order valence-corrected chi connectivity index (χ2v) is 5.80. The molecule has 0 unspecified atom stereocenters. The molecule has 3 aromatic rings. The molecule has 0 aliphatic heterocycles. The van der Waals surface area contributed by atoms with Gasteiger partial charge in [0.25, 0.3) is 0 Å². The molecule has 2 nitrogen and oxygen atoms in total. The SMILES string of the molecule is Cc1ccc(C(c2cccc(Br)c2)c2ccc(C)o2)o1. The van der Waals surface area contributed by atoms with E-state index in [0.29, 0.717) is 0 Å². The molecule has 0 bridgehead atoms. The molecule has 3 heteroatoms. The van der Waals surface area contributed by atoms with Gasteiger partial charge in [0.1, 0.15) is 29.0 Å². The van der Waals surface area contributed by atoms with E-state index in [0.717, 1.165) is 33.1 Å². The zero-order chi connectivity index (χ0) is 14.1. The van der Waals surface area contributed by atoms with Crippen LogP contribution in [-0.4, -0.2) is 0 Å². The maximum absolute atomic E-state index is 5.83. The summed E-state index contributed by atoms with van der Waals surface area (Å²) < 4.78 is 12.7. The molecule has 102 valence electrons. The van der Waals surface area contributed by atoms with Gasteiger partial charge in [0, 0.05) is 4.47 Å². The highest BCUT2D eigenvalue weighted by Gasteiger charge is 2.23. The quantitative estimate of drug-likeness (QED) is 0.639. The summed E-state index contributed by atoms with van der Waals surface area (Å²) in [5.74, 6) is 3.59. The second-order valence-electron chi connectivity index (χ2n) is 4.88. The molecular formula is C17H15BrO2. The first-order chi connectivity index (χ1) is 9.63. The number of halogens is 1. The van der Waals surface area contributed by atoms with E-state index in [2.05, 4.69) is 28.1 Å². The van der Waals surface area contributed by atoms with E-state index in [-0.39, 0.29) is 5.92 Å². The van der Waals surface area contributed by atoms with Crippen LogP contribution in [0.5, 0.6) is 0 Å². The summed E-state index contributed by atoms with van der Waals surface area (Å²) in [7, 11) is 0. The van der Waals surface area contributed by atoms with Gasteiger partial charge < -0.3 is 8.83 Å². The Morgan fingerprint density at radius 1 is 0.850 bits per heavy atom. The van der Waals surface area contributed by atoms with Crippen LogP contribution in [-0.2, 0) is 0 Å². The topological polar surface area (TPSA) is 26.3 Å². The molecule has 0 fully saturated rings. The van der Waals surface area contributed by atoms with Crippen LogP contribution in [0.25, 0.3) is 0 Å². The largest absolute Gasteiger partial charge is 0.465 e. The van der Waals surface area contributed by atoms with Gasteiger partial charge in [0.2, 0.25) is 0 Å². The highest BCUT2D eigenvalue weighted by Crippen LogP contribution is 2.34. The maximum Gasteiger partial charge on any atom is 0.119 e. The first-order valence-electron chi connectivity index (χ1n) is 6.51. The number of benzene rings is 1. The van der Waals surface area contributed by atoms with Crippen molar-refractivity contribution in [2.45, 2.75) is 19.8 Å². The Bertz CT molecular complexity index is 684. The van der Waals surface area contributed by atoms with Crippen LogP contribution in [0.1, 0.15) is 34.5 Å². The van der Waals surface area contributed by atoms with Crippen molar-refractivity contribution in [2.75, 3.05) is 0 Å². The van der Waals surface area contributed by atoms with Crippen LogP contribution in [0.3, 0.4) is 0 Å². The molecule has 1 aromatic carbocycles. The smallest absolute Gasteiger partial charge is 0.119 e. The van der Waals surface area contributed by atoms with Crippen molar-refractivity contribution in [1.29, 1.82) is 0 Å². The Kier molecular flexibility index (Phi) is 3.53. The Labute approximate surface area is 126 Å². The van der Waals surface area contributed by atoms with Crippen molar-refractivity contribution in [3.8, 4) is 0 Å². The van der Waals surface area contributed by atoms with E-state index in [1.165, 1.54) is 0 Å². The van der Waals surface area contributed by atoms with Gasteiger partial charge in [-0.05, 0) is 55.8 Å². The van der Waals surface area contributed by atoms with Crippen LogP contribution in [0.15, 0.2) is 61.8 Å². The molecule has 0 spiro atoms. The van der Waals surface area contributed by atoms with Crippen LogP contribution < -0.4 is 0 Å². The summed E-state index contributed by atoms with van der Waals surface area (Å²) in [4.78, 5) is 0. The lowest BCUT2D eigenvalue weighted by atomic mass is 9.94. The van der Waals surface area contributed by atoms with Gasteiger partial charge in [-0.25, -0.2) is 0 Å². The molecule has 0 N–H and O–H groups in total. The van der Waals surface area contributed by atoms with E-state index in [1.54, 1.807) is 0 Å². The average Bonchev–Trinajstić information content (AvgIpc) is 3.00. The molecule has 0 aliphatic carbocycles. The lowest BCUT2D eigenvalue weighted by molar-refractivity contribution is 0.428. The Hall–Kier alpha value is -1.74. The van der Waals surface area contributed by atoms with Crippen molar-refractivity contribution in [3.05, 3.63) is 81.6 Å². The molecule has 3 rings (SSSR count). The van der Waals surface area contributed by atoms with Gasteiger partial charge in [0.15, 0.2) is 0 Å². The van der Waals surface area contributed by atoms with Gasteiger partial charge in [-0.2, -0.15) is 0 Å². The van der Waals surface area contributed by atoms with Crippen LogP contribution in [0.4, 0.5) is 0 Å². The minimum Gasteiger partial charge on any atom is -0.465 e. The fourth-order valence-electron chi connectivity index (χ4n) is 2.37. The molecule has 0 saturated carbocycles. The molecular weight excluding hydrogens is 316 g/mol. The summed E-state index contributed by atoms with van der Waals surface area (Å²) >= 11 is 3.52. The number of furan rings is 2. The van der Waals surface area contributed by atoms with E-state index in [9.17, 15) is 0 Å². The summed E-state index contributed by atoms with van der Waals surface area (Å²) in [6.45, 7) is 3.91. The molecule has 0 saturated heterocycles.